The van der Waals surface area contributed by atoms with Crippen molar-refractivity contribution in [1.29, 1.82) is 0 Å². The Bertz CT molecular complexity index is 206. The Morgan fingerprint density at radius 3 is 2.15 bits per heavy atom. The molecule has 0 spiro atoms. The minimum Gasteiger partial charge on any atom is -0.343 e. The van der Waals surface area contributed by atoms with E-state index >= 15 is 0 Å². The summed E-state index contributed by atoms with van der Waals surface area (Å²) in [5, 5.41) is 2.03. The Kier molecular flexibility index (Phi) is 2.54. The van der Waals surface area contributed by atoms with Crippen molar-refractivity contribution in [2.45, 2.75) is 44.3 Å². The maximum atomic E-state index is 11.9. The van der Waals surface area contributed by atoms with Crippen molar-refractivity contribution in [3.8, 4) is 0 Å². The highest BCUT2D eigenvalue weighted by Crippen LogP contribution is 2.30. The molecule has 0 bridgehead atoms. The number of alkyl halides is 3. The molecule has 0 unspecified atom stereocenters. The number of carbonyl (C=O) groups is 1. The monoisotopic (exact) mass is 195 g/mol. The third-order valence-corrected chi connectivity index (χ3v) is 2.38. The summed E-state index contributed by atoms with van der Waals surface area (Å²) >= 11 is 0. The highest BCUT2D eigenvalue weighted by Gasteiger charge is 2.43. The van der Waals surface area contributed by atoms with E-state index in [1.54, 1.807) is 6.92 Å². The minimum absolute atomic E-state index is 0.634. The normalized spacial score (nSPS) is 21.5. The lowest BCUT2D eigenvalue weighted by Crippen LogP contribution is -2.49. The van der Waals surface area contributed by atoms with E-state index in [-0.39, 0.29) is 0 Å². The smallest absolute Gasteiger partial charge is 0.343 e. The van der Waals surface area contributed by atoms with Gasteiger partial charge < -0.3 is 5.32 Å². The van der Waals surface area contributed by atoms with E-state index in [1.165, 1.54) is 0 Å². The lowest BCUT2D eigenvalue weighted by molar-refractivity contribution is -0.175. The van der Waals surface area contributed by atoms with Crippen LogP contribution in [0.5, 0.6) is 0 Å². The van der Waals surface area contributed by atoms with Crippen LogP contribution >= 0.6 is 0 Å². The van der Waals surface area contributed by atoms with Gasteiger partial charge in [-0.15, -0.1) is 0 Å². The molecule has 0 aliphatic heterocycles. The molecular formula is C8H12F3NO. The number of halogens is 3. The SMILES string of the molecule is CC1(NC(=O)C(F)(F)F)CCCC1. The van der Waals surface area contributed by atoms with Crippen molar-refractivity contribution in [3.05, 3.63) is 0 Å². The van der Waals surface area contributed by atoms with Crippen LogP contribution in [0.2, 0.25) is 0 Å². The lowest BCUT2D eigenvalue weighted by atomic mass is 10.0. The second kappa shape index (κ2) is 3.20. The summed E-state index contributed by atoms with van der Waals surface area (Å²) in [5.41, 5.74) is -0.646. The molecule has 2 nitrogen and oxygen atoms in total. The molecule has 76 valence electrons. The summed E-state index contributed by atoms with van der Waals surface area (Å²) in [6.07, 6.45) is -1.72. The van der Waals surface area contributed by atoms with Crippen LogP contribution in [0.15, 0.2) is 0 Å². The molecule has 0 atom stereocenters. The molecule has 1 rings (SSSR count). The van der Waals surface area contributed by atoms with Gasteiger partial charge in [0.15, 0.2) is 0 Å². The maximum absolute atomic E-state index is 11.9. The van der Waals surface area contributed by atoms with Crippen LogP contribution in [-0.4, -0.2) is 17.6 Å². The zero-order valence-corrected chi connectivity index (χ0v) is 7.37. The first kappa shape index (κ1) is 10.3. The van der Waals surface area contributed by atoms with Crippen LogP contribution in [-0.2, 0) is 4.79 Å². The average molecular weight is 195 g/mol. The molecule has 1 amide bonds. The quantitative estimate of drug-likeness (QED) is 0.681. The van der Waals surface area contributed by atoms with Crippen LogP contribution in [0.25, 0.3) is 0 Å². The number of carbonyl (C=O) groups excluding carboxylic acids is 1. The van der Waals surface area contributed by atoms with Gasteiger partial charge in [0.2, 0.25) is 0 Å². The third-order valence-electron chi connectivity index (χ3n) is 2.38. The fraction of sp³-hybridized carbons (Fsp3) is 0.875. The zero-order chi connectivity index (χ0) is 10.1. The first-order valence-electron chi connectivity index (χ1n) is 4.23. The van der Waals surface area contributed by atoms with Gasteiger partial charge in [-0.05, 0) is 19.8 Å². The summed E-state index contributed by atoms with van der Waals surface area (Å²) in [7, 11) is 0. The van der Waals surface area contributed by atoms with E-state index in [0.29, 0.717) is 12.8 Å². The van der Waals surface area contributed by atoms with Gasteiger partial charge in [0, 0.05) is 5.54 Å². The topological polar surface area (TPSA) is 29.1 Å². The van der Waals surface area contributed by atoms with Crippen LogP contribution in [0.4, 0.5) is 13.2 Å². The third kappa shape index (κ3) is 2.60. The summed E-state index contributed by atoms with van der Waals surface area (Å²) in [6, 6.07) is 0. The van der Waals surface area contributed by atoms with Crippen molar-refractivity contribution in [1.82, 2.24) is 5.32 Å². The van der Waals surface area contributed by atoms with Gasteiger partial charge in [-0.1, -0.05) is 12.8 Å². The molecule has 0 heterocycles. The summed E-state index contributed by atoms with van der Waals surface area (Å²) in [6.45, 7) is 1.66. The molecule has 0 aromatic rings. The van der Waals surface area contributed by atoms with E-state index in [1.807, 2.05) is 5.32 Å². The van der Waals surface area contributed by atoms with Gasteiger partial charge in [0.25, 0.3) is 0 Å². The van der Waals surface area contributed by atoms with Gasteiger partial charge in [-0.25, -0.2) is 0 Å². The van der Waals surface area contributed by atoms with Gasteiger partial charge in [-0.2, -0.15) is 13.2 Å². The minimum atomic E-state index is -4.76. The molecule has 1 saturated carbocycles. The van der Waals surface area contributed by atoms with Crippen LogP contribution < -0.4 is 5.32 Å². The van der Waals surface area contributed by atoms with E-state index in [9.17, 15) is 18.0 Å². The van der Waals surface area contributed by atoms with Gasteiger partial charge >= 0.3 is 12.1 Å². The zero-order valence-electron chi connectivity index (χ0n) is 7.37. The maximum Gasteiger partial charge on any atom is 0.471 e. The molecule has 1 N–H and O–H groups in total. The highest BCUT2D eigenvalue weighted by molar-refractivity contribution is 5.82. The van der Waals surface area contributed by atoms with E-state index in [2.05, 4.69) is 0 Å². The summed E-state index contributed by atoms with van der Waals surface area (Å²) in [4.78, 5) is 10.6. The number of hydrogen-bond donors (Lipinski definition) is 1. The second-order valence-corrected chi connectivity index (χ2v) is 3.72. The predicted molar refractivity (Wildman–Crippen MR) is 41.1 cm³/mol. The number of rotatable bonds is 1. The molecular weight excluding hydrogens is 183 g/mol. The molecule has 0 radical (unpaired) electrons. The Hall–Kier alpha value is -0.740. The van der Waals surface area contributed by atoms with Crippen molar-refractivity contribution in [3.63, 3.8) is 0 Å². The van der Waals surface area contributed by atoms with E-state index in [4.69, 9.17) is 0 Å². The summed E-state index contributed by atoms with van der Waals surface area (Å²) < 4.78 is 35.6. The fourth-order valence-corrected chi connectivity index (χ4v) is 1.63. The van der Waals surface area contributed by atoms with Crippen molar-refractivity contribution in [2.24, 2.45) is 0 Å². The average Bonchev–Trinajstić information content (AvgIpc) is 2.33. The Morgan fingerprint density at radius 2 is 1.77 bits per heavy atom. The molecule has 5 heteroatoms. The van der Waals surface area contributed by atoms with Crippen molar-refractivity contribution >= 4 is 5.91 Å². The first-order valence-corrected chi connectivity index (χ1v) is 4.23. The molecule has 0 saturated heterocycles. The van der Waals surface area contributed by atoms with Crippen LogP contribution in [0.3, 0.4) is 0 Å². The largest absolute Gasteiger partial charge is 0.471 e. The number of amides is 1. The van der Waals surface area contributed by atoms with Crippen LogP contribution in [0, 0.1) is 0 Å². The Labute approximate surface area is 74.5 Å². The number of nitrogens with one attached hydrogen (secondary N) is 1. The van der Waals surface area contributed by atoms with Crippen molar-refractivity contribution in [2.75, 3.05) is 0 Å². The lowest BCUT2D eigenvalue weighted by Gasteiger charge is -2.25. The predicted octanol–water partition coefficient (Wildman–Crippen LogP) is 2.00. The van der Waals surface area contributed by atoms with Crippen LogP contribution in [0.1, 0.15) is 32.6 Å². The summed E-state index contributed by atoms with van der Waals surface area (Å²) in [5.74, 6) is -1.82. The Balaban J connectivity index is 2.53. The van der Waals surface area contributed by atoms with Crippen molar-refractivity contribution < 1.29 is 18.0 Å². The number of hydrogen-bond acceptors (Lipinski definition) is 1. The van der Waals surface area contributed by atoms with E-state index < -0.39 is 17.6 Å². The van der Waals surface area contributed by atoms with Gasteiger partial charge in [0.05, 0.1) is 0 Å². The molecule has 1 aliphatic carbocycles. The standard InChI is InChI=1S/C8H12F3NO/c1-7(4-2-3-5-7)12-6(13)8(9,10)11/h2-5H2,1H3,(H,12,13). The van der Waals surface area contributed by atoms with Gasteiger partial charge in [0.1, 0.15) is 0 Å². The van der Waals surface area contributed by atoms with E-state index in [0.717, 1.165) is 12.8 Å². The molecule has 0 aromatic carbocycles. The molecule has 0 aromatic heterocycles. The Morgan fingerprint density at radius 1 is 1.31 bits per heavy atom. The molecule has 13 heavy (non-hydrogen) atoms. The fourth-order valence-electron chi connectivity index (χ4n) is 1.63. The first-order chi connectivity index (χ1) is 5.83. The second-order valence-electron chi connectivity index (χ2n) is 3.72. The molecule has 1 fully saturated rings. The highest BCUT2D eigenvalue weighted by atomic mass is 19.4. The van der Waals surface area contributed by atoms with Gasteiger partial charge in [-0.3, -0.25) is 4.79 Å². The molecule has 1 aliphatic rings.